The van der Waals surface area contributed by atoms with E-state index in [9.17, 15) is 0 Å². The quantitative estimate of drug-likeness (QED) is 0.744. The first-order chi connectivity index (χ1) is 8.98. The second-order valence-corrected chi connectivity index (χ2v) is 12.4. The minimum Gasteiger partial charge on any atom is -0.295 e. The summed E-state index contributed by atoms with van der Waals surface area (Å²) in [5.41, 5.74) is 1.34. The summed E-state index contributed by atoms with van der Waals surface area (Å²) in [5, 5.41) is 2.22. The monoisotopic (exact) mass is 277 g/mol. The van der Waals surface area contributed by atoms with E-state index in [1.807, 2.05) is 0 Å². The number of nitrogens with zero attached hydrogens (tertiary/aromatic N) is 1. The Morgan fingerprint density at radius 2 is 1.89 bits per heavy atom. The molecule has 3 heteroatoms. The standard InChI is InChI=1S/C16H27NOSi/c1-5-15-11-16(13-19(2,3)4)18-17(15)12-14-9-7-6-8-10-14/h6-10,15-16H,5,11-13H2,1-4H3/t15-,16-/m0/s1. The Kier molecular flexibility index (Phi) is 4.82. The minimum absolute atomic E-state index is 0.445. The molecule has 2 nitrogen and oxygen atoms in total. The summed E-state index contributed by atoms with van der Waals surface area (Å²) in [7, 11) is -1.04. The van der Waals surface area contributed by atoms with Crippen LogP contribution in [0, 0.1) is 0 Å². The van der Waals surface area contributed by atoms with E-state index in [1.54, 1.807) is 0 Å². The molecule has 1 heterocycles. The highest BCUT2D eigenvalue weighted by molar-refractivity contribution is 6.76. The number of benzene rings is 1. The van der Waals surface area contributed by atoms with Crippen LogP contribution in [0.1, 0.15) is 25.3 Å². The second kappa shape index (κ2) is 6.20. The van der Waals surface area contributed by atoms with E-state index in [-0.39, 0.29) is 0 Å². The van der Waals surface area contributed by atoms with Gasteiger partial charge in [0.15, 0.2) is 0 Å². The molecule has 0 N–H and O–H groups in total. The van der Waals surface area contributed by atoms with Gasteiger partial charge in [-0.15, -0.1) is 0 Å². The summed E-state index contributed by atoms with van der Waals surface area (Å²) in [6, 6.07) is 12.5. The fraction of sp³-hybridized carbons (Fsp3) is 0.625. The first-order valence-electron chi connectivity index (χ1n) is 7.45. The van der Waals surface area contributed by atoms with Crippen molar-refractivity contribution in [3.8, 4) is 0 Å². The molecule has 0 saturated carbocycles. The molecular weight excluding hydrogens is 250 g/mol. The maximum atomic E-state index is 6.21. The SMILES string of the molecule is CC[C@H]1C[C@@H](C[Si](C)(C)C)ON1Cc1ccccc1. The van der Waals surface area contributed by atoms with Gasteiger partial charge in [0, 0.05) is 20.7 Å². The van der Waals surface area contributed by atoms with E-state index in [0.717, 1.165) is 6.54 Å². The molecule has 0 unspecified atom stereocenters. The van der Waals surface area contributed by atoms with Crippen molar-refractivity contribution in [3.63, 3.8) is 0 Å². The van der Waals surface area contributed by atoms with Crippen molar-refractivity contribution in [3.05, 3.63) is 35.9 Å². The summed E-state index contributed by atoms with van der Waals surface area (Å²) in [4.78, 5) is 6.21. The van der Waals surface area contributed by atoms with Crippen LogP contribution in [-0.2, 0) is 11.4 Å². The van der Waals surface area contributed by atoms with Crippen molar-refractivity contribution in [2.75, 3.05) is 0 Å². The normalized spacial score (nSPS) is 24.8. The van der Waals surface area contributed by atoms with Crippen molar-refractivity contribution in [1.82, 2.24) is 5.06 Å². The fourth-order valence-electron chi connectivity index (χ4n) is 2.85. The summed E-state index contributed by atoms with van der Waals surface area (Å²) < 4.78 is 0. The molecule has 0 bridgehead atoms. The molecule has 2 atom stereocenters. The predicted molar refractivity (Wildman–Crippen MR) is 83.7 cm³/mol. The highest BCUT2D eigenvalue weighted by Gasteiger charge is 2.34. The fourth-order valence-corrected chi connectivity index (χ4v) is 4.45. The lowest BCUT2D eigenvalue weighted by atomic mass is 10.1. The molecule has 0 amide bonds. The van der Waals surface area contributed by atoms with Gasteiger partial charge in [-0.2, -0.15) is 5.06 Å². The minimum atomic E-state index is -1.04. The zero-order chi connectivity index (χ0) is 13.9. The average molecular weight is 277 g/mol. The highest BCUT2D eigenvalue weighted by atomic mass is 28.3. The third-order valence-corrected chi connectivity index (χ3v) is 5.40. The zero-order valence-electron chi connectivity index (χ0n) is 12.7. The molecule has 1 fully saturated rings. The first-order valence-corrected chi connectivity index (χ1v) is 11.2. The number of hydrogen-bond donors (Lipinski definition) is 0. The Balaban J connectivity index is 1.96. The summed E-state index contributed by atoms with van der Waals surface area (Å²) in [5.74, 6) is 0. The lowest BCUT2D eigenvalue weighted by Crippen LogP contribution is -2.28. The first kappa shape index (κ1) is 14.8. The van der Waals surface area contributed by atoms with E-state index in [4.69, 9.17) is 4.84 Å². The molecule has 0 spiro atoms. The lowest BCUT2D eigenvalue weighted by Gasteiger charge is -2.23. The maximum Gasteiger partial charge on any atom is 0.0786 e. The molecule has 1 aliphatic rings. The van der Waals surface area contributed by atoms with E-state index in [1.165, 1.54) is 24.4 Å². The van der Waals surface area contributed by atoms with Gasteiger partial charge in [-0.1, -0.05) is 56.9 Å². The van der Waals surface area contributed by atoms with Gasteiger partial charge in [0.25, 0.3) is 0 Å². The highest BCUT2D eigenvalue weighted by Crippen LogP contribution is 2.30. The third-order valence-electron chi connectivity index (χ3n) is 3.72. The molecule has 1 aromatic rings. The number of hydrogen-bond acceptors (Lipinski definition) is 2. The number of rotatable bonds is 5. The summed E-state index contributed by atoms with van der Waals surface area (Å²) in [6.45, 7) is 10.5. The lowest BCUT2D eigenvalue weighted by molar-refractivity contribution is -0.165. The van der Waals surface area contributed by atoms with Gasteiger partial charge in [-0.25, -0.2) is 0 Å². The van der Waals surface area contributed by atoms with Crippen molar-refractivity contribution >= 4 is 8.07 Å². The Bertz CT molecular complexity index is 387. The van der Waals surface area contributed by atoms with Crippen LogP contribution in [0.5, 0.6) is 0 Å². The van der Waals surface area contributed by atoms with Crippen molar-refractivity contribution in [2.45, 2.75) is 64.1 Å². The van der Waals surface area contributed by atoms with Gasteiger partial charge in [0.2, 0.25) is 0 Å². The van der Waals surface area contributed by atoms with Crippen LogP contribution in [0.4, 0.5) is 0 Å². The van der Waals surface area contributed by atoms with Crippen LogP contribution < -0.4 is 0 Å². The van der Waals surface area contributed by atoms with Crippen molar-refractivity contribution < 1.29 is 4.84 Å². The van der Waals surface area contributed by atoms with Crippen LogP contribution in [0.2, 0.25) is 25.7 Å². The average Bonchev–Trinajstić information content (AvgIpc) is 2.70. The van der Waals surface area contributed by atoms with E-state index < -0.39 is 8.07 Å². The second-order valence-electron chi connectivity index (χ2n) is 6.85. The largest absolute Gasteiger partial charge is 0.295 e. The van der Waals surface area contributed by atoms with Crippen LogP contribution in [0.15, 0.2) is 30.3 Å². The molecule has 0 radical (unpaired) electrons. The van der Waals surface area contributed by atoms with Gasteiger partial charge in [-0.3, -0.25) is 4.84 Å². The Morgan fingerprint density at radius 1 is 1.21 bits per heavy atom. The van der Waals surface area contributed by atoms with Crippen molar-refractivity contribution in [2.24, 2.45) is 0 Å². The molecule has 1 aromatic carbocycles. The van der Waals surface area contributed by atoms with Crippen molar-refractivity contribution in [1.29, 1.82) is 0 Å². The molecule has 106 valence electrons. The Labute approximate surface area is 118 Å². The van der Waals surface area contributed by atoms with Crippen LogP contribution in [0.25, 0.3) is 0 Å². The molecule has 0 aromatic heterocycles. The molecule has 1 saturated heterocycles. The molecular formula is C16H27NOSi. The van der Waals surface area contributed by atoms with Crippen LogP contribution in [0.3, 0.4) is 0 Å². The van der Waals surface area contributed by atoms with Gasteiger partial charge in [0.1, 0.15) is 0 Å². The molecule has 0 aliphatic carbocycles. The molecule has 2 rings (SSSR count). The van der Waals surface area contributed by atoms with Gasteiger partial charge >= 0.3 is 0 Å². The number of hydroxylamine groups is 2. The zero-order valence-corrected chi connectivity index (χ0v) is 13.7. The predicted octanol–water partition coefficient (Wildman–Crippen LogP) is 4.31. The smallest absolute Gasteiger partial charge is 0.0786 e. The summed E-state index contributed by atoms with van der Waals surface area (Å²) in [6.07, 6.45) is 2.82. The van der Waals surface area contributed by atoms with Crippen LogP contribution >= 0.6 is 0 Å². The topological polar surface area (TPSA) is 12.5 Å². The van der Waals surface area contributed by atoms with E-state index in [0.29, 0.717) is 12.1 Å². The third kappa shape index (κ3) is 4.44. The van der Waals surface area contributed by atoms with Gasteiger partial charge in [-0.05, 0) is 24.4 Å². The van der Waals surface area contributed by atoms with Crippen LogP contribution in [-0.4, -0.2) is 25.3 Å². The van der Waals surface area contributed by atoms with E-state index in [2.05, 4.69) is 62.0 Å². The molecule has 1 aliphatic heterocycles. The van der Waals surface area contributed by atoms with Gasteiger partial charge < -0.3 is 0 Å². The van der Waals surface area contributed by atoms with E-state index >= 15 is 0 Å². The van der Waals surface area contributed by atoms with Gasteiger partial charge in [0.05, 0.1) is 6.10 Å². The Morgan fingerprint density at radius 3 is 2.47 bits per heavy atom. The Hall–Kier alpha value is -0.643. The maximum absolute atomic E-state index is 6.21. The summed E-state index contributed by atoms with van der Waals surface area (Å²) >= 11 is 0. The molecule has 19 heavy (non-hydrogen) atoms.